The lowest BCUT2D eigenvalue weighted by atomic mass is 10.2. The van der Waals surface area contributed by atoms with Crippen LogP contribution < -0.4 is 5.32 Å². The fourth-order valence-electron chi connectivity index (χ4n) is 2.18. The summed E-state index contributed by atoms with van der Waals surface area (Å²) < 4.78 is 0. The van der Waals surface area contributed by atoms with E-state index in [1.54, 1.807) is 0 Å². The number of likely N-dealkylation sites (N-methyl/N-ethyl adjacent to an activating group) is 1. The van der Waals surface area contributed by atoms with Crippen molar-refractivity contribution in [3.63, 3.8) is 0 Å². The van der Waals surface area contributed by atoms with Gasteiger partial charge in [-0.15, -0.1) is 0 Å². The lowest BCUT2D eigenvalue weighted by Crippen LogP contribution is -2.41. The number of rotatable bonds is 8. The molecule has 0 aliphatic rings. The van der Waals surface area contributed by atoms with Crippen LogP contribution in [0.25, 0.3) is 0 Å². The van der Waals surface area contributed by atoms with Crippen LogP contribution in [-0.2, 0) is 6.54 Å². The predicted octanol–water partition coefficient (Wildman–Crippen LogP) is 2.43. The first-order chi connectivity index (χ1) is 10.2. The van der Waals surface area contributed by atoms with E-state index in [-0.39, 0.29) is 0 Å². The van der Waals surface area contributed by atoms with Gasteiger partial charge in [-0.3, -0.25) is 0 Å². The molecule has 0 spiro atoms. The summed E-state index contributed by atoms with van der Waals surface area (Å²) >= 11 is 0. The van der Waals surface area contributed by atoms with E-state index in [9.17, 15) is 0 Å². The Morgan fingerprint density at radius 3 is 2.38 bits per heavy atom. The number of aliphatic imine (C=N–C) groups is 1. The summed E-state index contributed by atoms with van der Waals surface area (Å²) in [4.78, 5) is 9.17. The molecule has 0 fully saturated rings. The van der Waals surface area contributed by atoms with Crippen LogP contribution in [0.4, 0.5) is 0 Å². The first-order valence-corrected chi connectivity index (χ1v) is 7.89. The van der Waals surface area contributed by atoms with Crippen molar-refractivity contribution in [2.75, 3.05) is 40.3 Å². The van der Waals surface area contributed by atoms with Gasteiger partial charge in [-0.1, -0.05) is 44.2 Å². The van der Waals surface area contributed by atoms with Crippen molar-refractivity contribution in [2.24, 2.45) is 4.99 Å². The van der Waals surface area contributed by atoms with Crippen molar-refractivity contribution in [1.82, 2.24) is 15.1 Å². The molecule has 0 saturated carbocycles. The molecular weight excluding hydrogens is 260 g/mol. The monoisotopic (exact) mass is 290 g/mol. The molecule has 0 saturated heterocycles. The molecule has 1 aromatic rings. The van der Waals surface area contributed by atoms with Gasteiger partial charge in [0.2, 0.25) is 0 Å². The average molecular weight is 290 g/mol. The second kappa shape index (κ2) is 10.2. The average Bonchev–Trinajstić information content (AvgIpc) is 2.50. The standard InChI is InChI=1S/C17H30N4/c1-5-13-21(6-2)14-12-18-17(20(3)4)19-15-16-10-8-7-9-11-16/h7-11H,5-6,12-15H2,1-4H3,(H,18,19). The number of nitrogens with zero attached hydrogens (tertiary/aromatic N) is 3. The van der Waals surface area contributed by atoms with E-state index in [4.69, 9.17) is 0 Å². The zero-order valence-corrected chi connectivity index (χ0v) is 14.0. The molecule has 0 aliphatic carbocycles. The molecule has 0 aromatic heterocycles. The Morgan fingerprint density at radius 2 is 1.81 bits per heavy atom. The van der Waals surface area contributed by atoms with Gasteiger partial charge in [-0.25, -0.2) is 4.99 Å². The molecule has 0 heterocycles. The molecule has 4 nitrogen and oxygen atoms in total. The van der Waals surface area contributed by atoms with Crippen LogP contribution in [-0.4, -0.2) is 56.0 Å². The minimum atomic E-state index is 0.716. The highest BCUT2D eigenvalue weighted by atomic mass is 15.3. The van der Waals surface area contributed by atoms with E-state index in [0.29, 0.717) is 6.54 Å². The Bertz CT molecular complexity index is 401. The Balaban J connectivity index is 2.46. The largest absolute Gasteiger partial charge is 0.355 e. The second-order valence-electron chi connectivity index (χ2n) is 5.38. The molecule has 1 aromatic carbocycles. The third-order valence-corrected chi connectivity index (χ3v) is 3.38. The van der Waals surface area contributed by atoms with E-state index in [1.807, 2.05) is 25.1 Å². The van der Waals surface area contributed by atoms with Crippen LogP contribution in [0.15, 0.2) is 35.3 Å². The maximum atomic E-state index is 4.68. The lowest BCUT2D eigenvalue weighted by Gasteiger charge is -2.22. The van der Waals surface area contributed by atoms with E-state index >= 15 is 0 Å². The maximum absolute atomic E-state index is 4.68. The fraction of sp³-hybridized carbons (Fsp3) is 0.588. The number of hydrogen-bond donors (Lipinski definition) is 1. The fourth-order valence-corrected chi connectivity index (χ4v) is 2.18. The summed E-state index contributed by atoms with van der Waals surface area (Å²) in [5.74, 6) is 0.950. The van der Waals surface area contributed by atoms with Gasteiger partial charge in [0, 0.05) is 27.2 Å². The smallest absolute Gasteiger partial charge is 0.193 e. The molecule has 0 radical (unpaired) electrons. The van der Waals surface area contributed by atoms with Crippen LogP contribution in [0.1, 0.15) is 25.8 Å². The van der Waals surface area contributed by atoms with Crippen LogP contribution in [0.2, 0.25) is 0 Å². The quantitative estimate of drug-likeness (QED) is 0.589. The van der Waals surface area contributed by atoms with Gasteiger partial charge in [-0.2, -0.15) is 0 Å². The molecule has 0 unspecified atom stereocenters. The van der Waals surface area contributed by atoms with Crippen LogP contribution in [0.3, 0.4) is 0 Å². The SMILES string of the molecule is CCCN(CC)CCNC(=NCc1ccccc1)N(C)C. The van der Waals surface area contributed by atoms with E-state index in [2.05, 4.69) is 53.3 Å². The molecule has 1 N–H and O–H groups in total. The molecule has 4 heteroatoms. The molecule has 1 rings (SSSR count). The third-order valence-electron chi connectivity index (χ3n) is 3.38. The number of benzene rings is 1. The maximum Gasteiger partial charge on any atom is 0.193 e. The summed E-state index contributed by atoms with van der Waals surface area (Å²) in [6.07, 6.45) is 1.20. The van der Waals surface area contributed by atoms with Crippen molar-refractivity contribution < 1.29 is 0 Å². The van der Waals surface area contributed by atoms with Gasteiger partial charge < -0.3 is 15.1 Å². The molecule has 21 heavy (non-hydrogen) atoms. The topological polar surface area (TPSA) is 30.9 Å². The third kappa shape index (κ3) is 7.14. The molecule has 0 atom stereocenters. The molecule has 0 bridgehead atoms. The molecular formula is C17H30N4. The van der Waals surface area contributed by atoms with Crippen LogP contribution in [0.5, 0.6) is 0 Å². The summed E-state index contributed by atoms with van der Waals surface area (Å²) in [5.41, 5.74) is 1.24. The first-order valence-electron chi connectivity index (χ1n) is 7.89. The van der Waals surface area contributed by atoms with Gasteiger partial charge in [-0.05, 0) is 25.1 Å². The molecule has 0 aliphatic heterocycles. The van der Waals surface area contributed by atoms with Crippen molar-refractivity contribution >= 4 is 5.96 Å². The minimum absolute atomic E-state index is 0.716. The Morgan fingerprint density at radius 1 is 1.10 bits per heavy atom. The highest BCUT2D eigenvalue weighted by Gasteiger charge is 2.04. The Labute approximate surface area is 129 Å². The highest BCUT2D eigenvalue weighted by molar-refractivity contribution is 5.79. The zero-order valence-electron chi connectivity index (χ0n) is 14.0. The number of nitrogens with one attached hydrogen (secondary N) is 1. The van der Waals surface area contributed by atoms with Crippen molar-refractivity contribution in [2.45, 2.75) is 26.8 Å². The van der Waals surface area contributed by atoms with E-state index < -0.39 is 0 Å². The van der Waals surface area contributed by atoms with Crippen LogP contribution in [0, 0.1) is 0 Å². The van der Waals surface area contributed by atoms with Gasteiger partial charge in [0.15, 0.2) is 5.96 Å². The van der Waals surface area contributed by atoms with E-state index in [0.717, 1.165) is 32.1 Å². The predicted molar refractivity (Wildman–Crippen MR) is 91.7 cm³/mol. The van der Waals surface area contributed by atoms with Crippen molar-refractivity contribution in [3.05, 3.63) is 35.9 Å². The van der Waals surface area contributed by atoms with Gasteiger partial charge >= 0.3 is 0 Å². The Kier molecular flexibility index (Phi) is 8.51. The molecule has 118 valence electrons. The summed E-state index contributed by atoms with van der Waals surface area (Å²) in [5, 5.41) is 3.45. The number of hydrogen-bond acceptors (Lipinski definition) is 2. The van der Waals surface area contributed by atoms with Gasteiger partial charge in [0.05, 0.1) is 6.54 Å². The van der Waals surface area contributed by atoms with Gasteiger partial charge in [0.1, 0.15) is 0 Å². The first kappa shape index (κ1) is 17.5. The Hall–Kier alpha value is -1.55. The summed E-state index contributed by atoms with van der Waals surface area (Å²) in [7, 11) is 4.06. The van der Waals surface area contributed by atoms with E-state index in [1.165, 1.54) is 12.0 Å². The highest BCUT2D eigenvalue weighted by Crippen LogP contribution is 2.00. The van der Waals surface area contributed by atoms with Crippen molar-refractivity contribution in [1.29, 1.82) is 0 Å². The van der Waals surface area contributed by atoms with Crippen molar-refractivity contribution in [3.8, 4) is 0 Å². The zero-order chi connectivity index (χ0) is 15.5. The normalized spacial score (nSPS) is 11.8. The minimum Gasteiger partial charge on any atom is -0.355 e. The van der Waals surface area contributed by atoms with Gasteiger partial charge in [0.25, 0.3) is 0 Å². The summed E-state index contributed by atoms with van der Waals surface area (Å²) in [6, 6.07) is 10.4. The molecule has 0 amide bonds. The van der Waals surface area contributed by atoms with Crippen LogP contribution >= 0.6 is 0 Å². The summed E-state index contributed by atoms with van der Waals surface area (Å²) in [6.45, 7) is 9.41. The number of guanidine groups is 1. The lowest BCUT2D eigenvalue weighted by molar-refractivity contribution is 0.292. The second-order valence-corrected chi connectivity index (χ2v) is 5.38.